The molecule has 1 aromatic carbocycles. The lowest BCUT2D eigenvalue weighted by atomic mass is 10.0. The van der Waals surface area contributed by atoms with E-state index in [1.54, 1.807) is 15.9 Å². The van der Waals surface area contributed by atoms with Crippen LogP contribution >= 0.6 is 0 Å². The molecule has 4 amide bonds. The third-order valence-corrected chi connectivity index (χ3v) is 6.38. The van der Waals surface area contributed by atoms with Gasteiger partial charge in [0.2, 0.25) is 11.8 Å². The summed E-state index contributed by atoms with van der Waals surface area (Å²) in [4.78, 5) is 54.4. The summed E-state index contributed by atoms with van der Waals surface area (Å²) >= 11 is 0. The van der Waals surface area contributed by atoms with E-state index >= 15 is 0 Å². The molecule has 0 radical (unpaired) electrons. The average Bonchev–Trinajstić information content (AvgIpc) is 3.13. The molecule has 186 valence electrons. The number of amides is 4. The summed E-state index contributed by atoms with van der Waals surface area (Å²) in [5.74, 6) is 5.52. The first-order valence-corrected chi connectivity index (χ1v) is 12.1. The molecule has 1 aromatic rings. The van der Waals surface area contributed by atoms with Gasteiger partial charge in [0.25, 0.3) is 5.91 Å². The van der Waals surface area contributed by atoms with Crippen LogP contribution in [-0.2, 0) is 20.9 Å². The van der Waals surface area contributed by atoms with Gasteiger partial charge in [-0.25, -0.2) is 4.79 Å². The Hall–Kier alpha value is -3.38. The zero-order chi connectivity index (χ0) is 25.2. The summed E-state index contributed by atoms with van der Waals surface area (Å²) in [6.07, 6.45) is 0.971. The molecule has 0 aromatic heterocycles. The fraction of sp³-hybridized carbons (Fsp3) is 0.538. The number of rotatable bonds is 3. The Morgan fingerprint density at radius 3 is 2.57 bits per heavy atom. The Balaban J connectivity index is 1.31. The van der Waals surface area contributed by atoms with Gasteiger partial charge in [0.1, 0.15) is 11.6 Å². The zero-order valence-corrected chi connectivity index (χ0v) is 20.6. The van der Waals surface area contributed by atoms with E-state index in [1.807, 2.05) is 32.9 Å². The third kappa shape index (κ3) is 5.82. The van der Waals surface area contributed by atoms with Crippen LogP contribution in [0.2, 0.25) is 0 Å². The number of hydrogen-bond acceptors (Lipinski definition) is 6. The summed E-state index contributed by atoms with van der Waals surface area (Å²) in [5, 5.41) is 2.33. The molecule has 0 spiro atoms. The van der Waals surface area contributed by atoms with Gasteiger partial charge >= 0.3 is 6.09 Å². The molecule has 35 heavy (non-hydrogen) atoms. The summed E-state index contributed by atoms with van der Waals surface area (Å²) in [7, 11) is 0. The molecule has 1 unspecified atom stereocenters. The maximum absolute atomic E-state index is 12.9. The quantitative estimate of drug-likeness (QED) is 0.523. The molecule has 4 rings (SSSR count). The monoisotopic (exact) mass is 480 g/mol. The first-order chi connectivity index (χ1) is 16.6. The molecular formula is C26H32N4O5. The molecule has 0 saturated carbocycles. The first kappa shape index (κ1) is 24.7. The van der Waals surface area contributed by atoms with Crippen LogP contribution in [0.5, 0.6) is 0 Å². The van der Waals surface area contributed by atoms with Gasteiger partial charge in [-0.2, -0.15) is 0 Å². The van der Waals surface area contributed by atoms with Crippen LogP contribution in [-0.4, -0.2) is 82.9 Å². The van der Waals surface area contributed by atoms with Crippen molar-refractivity contribution in [2.75, 3.05) is 32.7 Å². The van der Waals surface area contributed by atoms with Crippen LogP contribution in [0.25, 0.3) is 0 Å². The Morgan fingerprint density at radius 2 is 1.89 bits per heavy atom. The highest BCUT2D eigenvalue weighted by atomic mass is 16.6. The molecule has 0 aliphatic carbocycles. The van der Waals surface area contributed by atoms with E-state index in [1.165, 1.54) is 0 Å². The third-order valence-electron chi connectivity index (χ3n) is 6.38. The lowest BCUT2D eigenvalue weighted by Gasteiger charge is -2.35. The fourth-order valence-electron chi connectivity index (χ4n) is 4.56. The number of nitrogens with zero attached hydrogens (tertiary/aromatic N) is 3. The van der Waals surface area contributed by atoms with E-state index in [0.29, 0.717) is 38.0 Å². The van der Waals surface area contributed by atoms with Crippen molar-refractivity contribution < 1.29 is 23.9 Å². The minimum Gasteiger partial charge on any atom is -0.444 e. The molecular weight excluding hydrogens is 448 g/mol. The summed E-state index contributed by atoms with van der Waals surface area (Å²) in [6, 6.07) is 4.84. The second-order valence-electron chi connectivity index (χ2n) is 10.1. The number of piperidine rings is 1. The lowest BCUT2D eigenvalue weighted by molar-refractivity contribution is -0.136. The minimum absolute atomic E-state index is 0.194. The Bertz CT molecular complexity index is 1090. The van der Waals surface area contributed by atoms with Crippen molar-refractivity contribution in [2.45, 2.75) is 58.2 Å². The van der Waals surface area contributed by atoms with E-state index in [2.05, 4.69) is 22.1 Å². The number of nitrogens with one attached hydrogen (secondary N) is 1. The van der Waals surface area contributed by atoms with E-state index < -0.39 is 17.6 Å². The van der Waals surface area contributed by atoms with Crippen molar-refractivity contribution in [3.63, 3.8) is 0 Å². The molecule has 2 saturated heterocycles. The normalized spacial score (nSPS) is 20.8. The van der Waals surface area contributed by atoms with Gasteiger partial charge in [0.05, 0.1) is 0 Å². The highest BCUT2D eigenvalue weighted by molar-refractivity contribution is 6.05. The topological polar surface area (TPSA) is 99.3 Å². The van der Waals surface area contributed by atoms with Crippen molar-refractivity contribution in [2.24, 2.45) is 0 Å². The predicted molar refractivity (Wildman–Crippen MR) is 128 cm³/mol. The molecule has 9 nitrogen and oxygen atoms in total. The molecule has 3 aliphatic heterocycles. The van der Waals surface area contributed by atoms with Gasteiger partial charge < -0.3 is 14.5 Å². The van der Waals surface area contributed by atoms with Crippen LogP contribution in [0.1, 0.15) is 61.5 Å². The molecule has 1 atom stereocenters. The van der Waals surface area contributed by atoms with Gasteiger partial charge in [-0.1, -0.05) is 17.9 Å². The van der Waals surface area contributed by atoms with Gasteiger partial charge in [-0.15, -0.1) is 0 Å². The van der Waals surface area contributed by atoms with Gasteiger partial charge in [0.15, 0.2) is 0 Å². The zero-order valence-electron chi connectivity index (χ0n) is 20.6. The number of benzene rings is 1. The van der Waals surface area contributed by atoms with Crippen molar-refractivity contribution in [1.82, 2.24) is 20.0 Å². The van der Waals surface area contributed by atoms with E-state index in [0.717, 1.165) is 30.8 Å². The number of ether oxygens (including phenoxy) is 1. The van der Waals surface area contributed by atoms with Gasteiger partial charge in [-0.3, -0.25) is 24.6 Å². The van der Waals surface area contributed by atoms with Crippen LogP contribution in [0, 0.1) is 11.8 Å². The second-order valence-corrected chi connectivity index (χ2v) is 10.1. The van der Waals surface area contributed by atoms with Crippen molar-refractivity contribution >= 4 is 23.8 Å². The van der Waals surface area contributed by atoms with Gasteiger partial charge in [0, 0.05) is 63.2 Å². The molecule has 0 bridgehead atoms. The van der Waals surface area contributed by atoms with E-state index in [-0.39, 0.29) is 24.3 Å². The molecule has 1 N–H and O–H groups in total. The smallest absolute Gasteiger partial charge is 0.410 e. The number of fused-ring (bicyclic) bond motifs is 1. The predicted octanol–water partition coefficient (Wildman–Crippen LogP) is 1.74. The summed E-state index contributed by atoms with van der Waals surface area (Å²) in [6.45, 7) is 9.52. The highest BCUT2D eigenvalue weighted by Gasteiger charge is 2.39. The summed E-state index contributed by atoms with van der Waals surface area (Å²) in [5.41, 5.74) is 1.70. The Labute approximate surface area is 205 Å². The van der Waals surface area contributed by atoms with Crippen LogP contribution < -0.4 is 5.32 Å². The Kier molecular flexibility index (Phi) is 7.13. The summed E-state index contributed by atoms with van der Waals surface area (Å²) < 4.78 is 5.44. The molecule has 3 heterocycles. The largest absolute Gasteiger partial charge is 0.444 e. The van der Waals surface area contributed by atoms with E-state index in [9.17, 15) is 19.2 Å². The van der Waals surface area contributed by atoms with Crippen molar-refractivity contribution in [3.05, 3.63) is 34.9 Å². The molecule has 2 fully saturated rings. The SMILES string of the molecule is CC(C)(C)OC(=O)N1CCN(CCC#Cc2cccc3c2CN(C2CCC(=O)NC2=O)C3=O)CC1. The number of carbonyl (C=O) groups excluding carboxylic acids is 4. The number of imide groups is 1. The second kappa shape index (κ2) is 10.1. The fourth-order valence-corrected chi connectivity index (χ4v) is 4.56. The maximum Gasteiger partial charge on any atom is 0.410 e. The molecule has 9 heteroatoms. The van der Waals surface area contributed by atoms with Crippen molar-refractivity contribution in [1.29, 1.82) is 0 Å². The number of piperazine rings is 1. The molecule has 3 aliphatic rings. The minimum atomic E-state index is -0.632. The first-order valence-electron chi connectivity index (χ1n) is 12.1. The number of hydrogen-bond donors (Lipinski definition) is 1. The maximum atomic E-state index is 12.9. The van der Waals surface area contributed by atoms with Crippen LogP contribution in [0.4, 0.5) is 4.79 Å². The van der Waals surface area contributed by atoms with Crippen molar-refractivity contribution in [3.8, 4) is 11.8 Å². The van der Waals surface area contributed by atoms with E-state index in [4.69, 9.17) is 4.74 Å². The average molecular weight is 481 g/mol. The van der Waals surface area contributed by atoms with Crippen LogP contribution in [0.15, 0.2) is 18.2 Å². The van der Waals surface area contributed by atoms with Crippen LogP contribution in [0.3, 0.4) is 0 Å². The Morgan fingerprint density at radius 1 is 1.14 bits per heavy atom. The standard InChI is InChI=1S/C26H32N4O5/c1-26(2,3)35-25(34)29-15-13-28(14-16-29)12-5-4-7-18-8-6-9-19-20(18)17-30(24(19)33)21-10-11-22(31)27-23(21)32/h6,8-9,21H,5,10-17H2,1-3H3,(H,27,31,32). The number of carbonyl (C=O) groups is 4. The highest BCUT2D eigenvalue weighted by Crippen LogP contribution is 2.29. The lowest BCUT2D eigenvalue weighted by Crippen LogP contribution is -2.52. The van der Waals surface area contributed by atoms with Gasteiger partial charge in [-0.05, 0) is 44.9 Å².